The molecule has 25 heavy (non-hydrogen) atoms. The topological polar surface area (TPSA) is 32.3 Å². The standard InChI is InChI=1S/C19H21F3N2O/c1-14(15-8-4-3-5-9-15)23-18(25)13-24(2)12-16-10-6-7-11-17(16)19(20,21)22/h3-11,14H,12-13H2,1-2H3,(H,23,25)/t14-/m0/s1. The Morgan fingerprint density at radius 3 is 2.32 bits per heavy atom. The summed E-state index contributed by atoms with van der Waals surface area (Å²) in [5.41, 5.74) is 0.460. The van der Waals surface area contributed by atoms with Crippen LogP contribution in [0.15, 0.2) is 54.6 Å². The first kappa shape index (κ1) is 19.0. The fourth-order valence-electron chi connectivity index (χ4n) is 2.64. The molecule has 0 spiro atoms. The van der Waals surface area contributed by atoms with Gasteiger partial charge in [0.1, 0.15) is 0 Å². The van der Waals surface area contributed by atoms with Gasteiger partial charge in [-0.25, -0.2) is 0 Å². The molecular weight excluding hydrogens is 329 g/mol. The van der Waals surface area contributed by atoms with Gasteiger partial charge in [0.15, 0.2) is 0 Å². The summed E-state index contributed by atoms with van der Waals surface area (Å²) in [6.45, 7) is 1.93. The van der Waals surface area contributed by atoms with E-state index in [4.69, 9.17) is 0 Å². The lowest BCUT2D eigenvalue weighted by molar-refractivity contribution is -0.138. The summed E-state index contributed by atoms with van der Waals surface area (Å²) in [5.74, 6) is -0.233. The Kier molecular flexibility index (Phi) is 6.20. The number of hydrogen-bond donors (Lipinski definition) is 1. The number of benzene rings is 2. The van der Waals surface area contributed by atoms with Crippen molar-refractivity contribution in [3.63, 3.8) is 0 Å². The molecular formula is C19H21F3N2O. The number of rotatable bonds is 6. The minimum absolute atomic E-state index is 0.0172. The lowest BCUT2D eigenvalue weighted by Gasteiger charge is -2.21. The zero-order chi connectivity index (χ0) is 18.4. The van der Waals surface area contributed by atoms with Crippen molar-refractivity contribution < 1.29 is 18.0 Å². The third-order valence-electron chi connectivity index (χ3n) is 3.85. The van der Waals surface area contributed by atoms with Crippen LogP contribution in [0, 0.1) is 0 Å². The van der Waals surface area contributed by atoms with Crippen LogP contribution < -0.4 is 5.32 Å². The molecule has 0 radical (unpaired) electrons. The van der Waals surface area contributed by atoms with Crippen LogP contribution in [0.1, 0.15) is 29.7 Å². The molecule has 1 atom stereocenters. The molecule has 0 aromatic heterocycles. The van der Waals surface area contributed by atoms with Crippen LogP contribution in [0.25, 0.3) is 0 Å². The molecule has 0 saturated carbocycles. The van der Waals surface area contributed by atoms with E-state index in [0.29, 0.717) is 0 Å². The van der Waals surface area contributed by atoms with Gasteiger partial charge in [-0.1, -0.05) is 48.5 Å². The average Bonchev–Trinajstić information content (AvgIpc) is 2.54. The zero-order valence-corrected chi connectivity index (χ0v) is 14.2. The van der Waals surface area contributed by atoms with E-state index in [-0.39, 0.29) is 30.6 Å². The van der Waals surface area contributed by atoms with Gasteiger partial charge in [0, 0.05) is 6.54 Å². The average molecular weight is 350 g/mol. The molecule has 0 fully saturated rings. The summed E-state index contributed by atoms with van der Waals surface area (Å²) in [7, 11) is 1.62. The summed E-state index contributed by atoms with van der Waals surface area (Å²) in [6.07, 6.45) is -4.40. The molecule has 0 bridgehead atoms. The Bertz CT molecular complexity index is 701. The van der Waals surface area contributed by atoms with Crippen molar-refractivity contribution >= 4 is 5.91 Å². The number of amides is 1. The highest BCUT2D eigenvalue weighted by Crippen LogP contribution is 2.32. The first-order valence-electron chi connectivity index (χ1n) is 7.95. The van der Waals surface area contributed by atoms with E-state index < -0.39 is 11.7 Å². The van der Waals surface area contributed by atoms with E-state index in [0.717, 1.165) is 11.6 Å². The summed E-state index contributed by atoms with van der Waals surface area (Å²) < 4.78 is 39.1. The molecule has 0 aliphatic rings. The maximum absolute atomic E-state index is 13.0. The van der Waals surface area contributed by atoms with Crippen LogP contribution >= 0.6 is 0 Å². The molecule has 0 heterocycles. The molecule has 6 heteroatoms. The number of carbonyl (C=O) groups is 1. The maximum atomic E-state index is 13.0. The van der Waals surface area contributed by atoms with E-state index in [1.807, 2.05) is 37.3 Å². The van der Waals surface area contributed by atoms with Crippen molar-refractivity contribution in [2.45, 2.75) is 25.7 Å². The number of carbonyl (C=O) groups excluding carboxylic acids is 1. The van der Waals surface area contributed by atoms with E-state index in [1.165, 1.54) is 12.1 Å². The Labute approximate surface area is 145 Å². The van der Waals surface area contributed by atoms with Crippen LogP contribution in [0.4, 0.5) is 13.2 Å². The minimum atomic E-state index is -4.40. The number of likely N-dealkylation sites (N-methyl/N-ethyl adjacent to an activating group) is 1. The lowest BCUT2D eigenvalue weighted by atomic mass is 10.1. The molecule has 2 rings (SSSR count). The lowest BCUT2D eigenvalue weighted by Crippen LogP contribution is -2.36. The predicted molar refractivity (Wildman–Crippen MR) is 90.8 cm³/mol. The molecule has 1 amide bonds. The molecule has 0 aliphatic carbocycles. The summed E-state index contributed by atoms with van der Waals surface area (Å²) in [4.78, 5) is 13.7. The van der Waals surface area contributed by atoms with Gasteiger partial charge in [-0.2, -0.15) is 13.2 Å². The fraction of sp³-hybridized carbons (Fsp3) is 0.316. The van der Waals surface area contributed by atoms with Crippen molar-refractivity contribution in [2.24, 2.45) is 0 Å². The highest BCUT2D eigenvalue weighted by atomic mass is 19.4. The number of nitrogens with zero attached hydrogens (tertiary/aromatic N) is 1. The first-order valence-corrected chi connectivity index (χ1v) is 7.95. The van der Waals surface area contributed by atoms with Crippen molar-refractivity contribution in [1.82, 2.24) is 10.2 Å². The number of nitrogens with one attached hydrogen (secondary N) is 1. The van der Waals surface area contributed by atoms with Crippen molar-refractivity contribution in [3.8, 4) is 0 Å². The number of halogens is 3. The second kappa shape index (κ2) is 8.16. The van der Waals surface area contributed by atoms with Crippen molar-refractivity contribution in [3.05, 3.63) is 71.3 Å². The molecule has 3 nitrogen and oxygen atoms in total. The van der Waals surface area contributed by atoms with Crippen LogP contribution in [0.3, 0.4) is 0 Å². The quantitative estimate of drug-likeness (QED) is 0.854. The van der Waals surface area contributed by atoms with Gasteiger partial charge < -0.3 is 5.32 Å². The van der Waals surface area contributed by atoms with Crippen molar-refractivity contribution in [2.75, 3.05) is 13.6 Å². The Morgan fingerprint density at radius 1 is 1.08 bits per heavy atom. The smallest absolute Gasteiger partial charge is 0.348 e. The molecule has 2 aromatic carbocycles. The Hall–Kier alpha value is -2.34. The third kappa shape index (κ3) is 5.60. The molecule has 2 aromatic rings. The van der Waals surface area contributed by atoms with Gasteiger partial charge in [-0.3, -0.25) is 9.69 Å². The summed E-state index contributed by atoms with van der Waals surface area (Å²) in [5, 5.41) is 2.85. The van der Waals surface area contributed by atoms with E-state index in [2.05, 4.69) is 5.32 Å². The largest absolute Gasteiger partial charge is 0.416 e. The van der Waals surface area contributed by atoms with E-state index >= 15 is 0 Å². The van der Waals surface area contributed by atoms with Gasteiger partial charge in [0.2, 0.25) is 5.91 Å². The van der Waals surface area contributed by atoms with Gasteiger partial charge in [-0.05, 0) is 31.2 Å². The maximum Gasteiger partial charge on any atom is 0.416 e. The van der Waals surface area contributed by atoms with Crippen molar-refractivity contribution in [1.29, 1.82) is 0 Å². The molecule has 0 aliphatic heterocycles. The minimum Gasteiger partial charge on any atom is -0.348 e. The zero-order valence-electron chi connectivity index (χ0n) is 14.2. The van der Waals surface area contributed by atoms with Crippen LogP contribution in [-0.4, -0.2) is 24.4 Å². The SMILES string of the molecule is C[C@H](NC(=O)CN(C)Cc1ccccc1C(F)(F)F)c1ccccc1. The van der Waals surface area contributed by atoms with Gasteiger partial charge in [-0.15, -0.1) is 0 Å². The van der Waals surface area contributed by atoms with Gasteiger partial charge in [0.05, 0.1) is 18.2 Å². The molecule has 0 saturated heterocycles. The Morgan fingerprint density at radius 2 is 1.68 bits per heavy atom. The fourth-order valence-corrected chi connectivity index (χ4v) is 2.64. The normalized spacial score (nSPS) is 12.9. The number of alkyl halides is 3. The summed E-state index contributed by atoms with van der Waals surface area (Å²) >= 11 is 0. The monoisotopic (exact) mass is 350 g/mol. The summed E-state index contributed by atoms with van der Waals surface area (Å²) in [6, 6.07) is 14.7. The van der Waals surface area contributed by atoms with Gasteiger partial charge in [0.25, 0.3) is 0 Å². The predicted octanol–water partition coefficient (Wildman–Crippen LogP) is 4.01. The highest BCUT2D eigenvalue weighted by Gasteiger charge is 2.33. The molecule has 0 unspecified atom stereocenters. The second-order valence-corrected chi connectivity index (χ2v) is 6.03. The van der Waals surface area contributed by atoms with Crippen LogP contribution in [0.5, 0.6) is 0 Å². The number of hydrogen-bond acceptors (Lipinski definition) is 2. The Balaban J connectivity index is 1.94. The third-order valence-corrected chi connectivity index (χ3v) is 3.85. The first-order chi connectivity index (χ1) is 11.8. The van der Waals surface area contributed by atoms with Crippen LogP contribution in [0.2, 0.25) is 0 Å². The molecule has 1 N–H and O–H groups in total. The van der Waals surface area contributed by atoms with Crippen LogP contribution in [-0.2, 0) is 17.5 Å². The van der Waals surface area contributed by atoms with Gasteiger partial charge >= 0.3 is 6.18 Å². The van der Waals surface area contributed by atoms with E-state index in [1.54, 1.807) is 18.0 Å². The molecule has 134 valence electrons. The van der Waals surface area contributed by atoms with E-state index in [9.17, 15) is 18.0 Å². The highest BCUT2D eigenvalue weighted by molar-refractivity contribution is 5.78. The second-order valence-electron chi connectivity index (χ2n) is 6.03.